The molecule has 0 aromatic heterocycles. The Bertz CT molecular complexity index is 749. The summed E-state index contributed by atoms with van der Waals surface area (Å²) in [5.74, 6) is -0.271. The zero-order valence-corrected chi connectivity index (χ0v) is 14.4. The molecule has 5 heteroatoms. The van der Waals surface area contributed by atoms with Crippen LogP contribution in [0.5, 0.6) is 0 Å². The van der Waals surface area contributed by atoms with Crippen molar-refractivity contribution >= 4 is 6.09 Å². The number of carbonyl (C=O) groups excluding carboxylic acids is 1. The van der Waals surface area contributed by atoms with E-state index in [-0.39, 0.29) is 24.5 Å². The Morgan fingerprint density at radius 2 is 1.92 bits per heavy atom. The third kappa shape index (κ3) is 3.82. The smallest absolute Gasteiger partial charge is 0.410 e. The lowest BCUT2D eigenvalue weighted by molar-refractivity contribution is 0.0882. The SMILES string of the molecule is CCOC(=O)N(Cc1ccccc1)C1Cc2cc(F)c(CN)cc2C1. The minimum atomic E-state index is -0.330. The molecule has 0 bridgehead atoms. The van der Waals surface area contributed by atoms with Crippen molar-refractivity contribution in [1.29, 1.82) is 0 Å². The summed E-state index contributed by atoms with van der Waals surface area (Å²) in [7, 11) is 0. The summed E-state index contributed by atoms with van der Waals surface area (Å²) >= 11 is 0. The Morgan fingerprint density at radius 3 is 2.56 bits per heavy atom. The van der Waals surface area contributed by atoms with Crippen molar-refractivity contribution in [3.05, 3.63) is 70.5 Å². The summed E-state index contributed by atoms with van der Waals surface area (Å²) in [6.45, 7) is 2.78. The first-order valence-corrected chi connectivity index (χ1v) is 8.60. The van der Waals surface area contributed by atoms with Crippen LogP contribution in [-0.2, 0) is 30.7 Å². The Kier molecular flexibility index (Phi) is 5.34. The average Bonchev–Trinajstić information content (AvgIpc) is 3.02. The van der Waals surface area contributed by atoms with Crippen LogP contribution in [0.25, 0.3) is 0 Å². The molecular formula is C20H23FN2O2. The van der Waals surface area contributed by atoms with Gasteiger partial charge in [-0.1, -0.05) is 36.4 Å². The molecule has 4 nitrogen and oxygen atoms in total. The van der Waals surface area contributed by atoms with Crippen LogP contribution >= 0.6 is 0 Å². The van der Waals surface area contributed by atoms with E-state index in [1.165, 1.54) is 0 Å². The Morgan fingerprint density at radius 1 is 1.24 bits per heavy atom. The molecule has 0 saturated heterocycles. The number of fused-ring (bicyclic) bond motifs is 1. The summed E-state index contributed by atoms with van der Waals surface area (Å²) in [4.78, 5) is 14.2. The zero-order chi connectivity index (χ0) is 17.8. The normalized spacial score (nSPS) is 15.7. The fourth-order valence-electron chi connectivity index (χ4n) is 3.38. The topological polar surface area (TPSA) is 55.6 Å². The van der Waals surface area contributed by atoms with Crippen molar-refractivity contribution in [3.63, 3.8) is 0 Å². The molecule has 0 aliphatic heterocycles. The maximum absolute atomic E-state index is 14.0. The number of nitrogens with zero attached hydrogens (tertiary/aromatic N) is 1. The van der Waals surface area contributed by atoms with E-state index in [4.69, 9.17) is 10.5 Å². The fourth-order valence-corrected chi connectivity index (χ4v) is 3.38. The number of benzene rings is 2. The minimum Gasteiger partial charge on any atom is -0.450 e. The summed E-state index contributed by atoms with van der Waals surface area (Å²) in [6, 6.07) is 13.2. The highest BCUT2D eigenvalue weighted by Crippen LogP contribution is 2.29. The lowest BCUT2D eigenvalue weighted by atomic mass is 10.1. The third-order valence-corrected chi connectivity index (χ3v) is 4.64. The van der Waals surface area contributed by atoms with E-state index in [1.54, 1.807) is 17.9 Å². The summed E-state index contributed by atoms with van der Waals surface area (Å²) in [5, 5.41) is 0. The van der Waals surface area contributed by atoms with Crippen LogP contribution in [0.4, 0.5) is 9.18 Å². The molecule has 0 spiro atoms. The van der Waals surface area contributed by atoms with Gasteiger partial charge in [0.2, 0.25) is 0 Å². The molecule has 1 atom stereocenters. The van der Waals surface area contributed by atoms with Gasteiger partial charge in [-0.2, -0.15) is 0 Å². The molecule has 3 rings (SSSR count). The number of ether oxygens (including phenoxy) is 1. The number of amides is 1. The van der Waals surface area contributed by atoms with Gasteiger partial charge in [0.25, 0.3) is 0 Å². The van der Waals surface area contributed by atoms with Gasteiger partial charge in [0.15, 0.2) is 0 Å². The van der Waals surface area contributed by atoms with Crippen LogP contribution in [-0.4, -0.2) is 23.6 Å². The van der Waals surface area contributed by atoms with Gasteiger partial charge in [0, 0.05) is 24.7 Å². The number of hydrogen-bond donors (Lipinski definition) is 1. The van der Waals surface area contributed by atoms with Gasteiger partial charge in [-0.15, -0.1) is 0 Å². The van der Waals surface area contributed by atoms with Crippen LogP contribution in [0.2, 0.25) is 0 Å². The number of carbonyl (C=O) groups is 1. The van der Waals surface area contributed by atoms with Crippen molar-refractivity contribution < 1.29 is 13.9 Å². The third-order valence-electron chi connectivity index (χ3n) is 4.64. The monoisotopic (exact) mass is 342 g/mol. The van der Waals surface area contributed by atoms with Gasteiger partial charge >= 0.3 is 6.09 Å². The molecule has 25 heavy (non-hydrogen) atoms. The second kappa shape index (κ2) is 7.66. The first-order valence-electron chi connectivity index (χ1n) is 8.60. The molecule has 1 aliphatic carbocycles. The Labute approximate surface area is 147 Å². The van der Waals surface area contributed by atoms with E-state index in [9.17, 15) is 9.18 Å². The zero-order valence-electron chi connectivity index (χ0n) is 14.4. The molecule has 2 aromatic carbocycles. The van der Waals surface area contributed by atoms with Gasteiger partial charge in [0.1, 0.15) is 5.82 Å². The molecule has 1 unspecified atom stereocenters. The molecule has 2 N–H and O–H groups in total. The second-order valence-corrected chi connectivity index (χ2v) is 6.29. The van der Waals surface area contributed by atoms with Crippen molar-refractivity contribution in [3.8, 4) is 0 Å². The molecule has 0 radical (unpaired) electrons. The second-order valence-electron chi connectivity index (χ2n) is 6.29. The van der Waals surface area contributed by atoms with Crippen LogP contribution in [0.3, 0.4) is 0 Å². The van der Waals surface area contributed by atoms with Gasteiger partial charge in [-0.3, -0.25) is 0 Å². The van der Waals surface area contributed by atoms with E-state index in [1.807, 2.05) is 36.4 Å². The molecule has 0 heterocycles. The fraction of sp³-hybridized carbons (Fsp3) is 0.350. The van der Waals surface area contributed by atoms with Crippen molar-refractivity contribution in [2.24, 2.45) is 5.73 Å². The van der Waals surface area contributed by atoms with Crippen LogP contribution in [0.1, 0.15) is 29.2 Å². The van der Waals surface area contributed by atoms with E-state index in [0.29, 0.717) is 31.6 Å². The number of hydrogen-bond acceptors (Lipinski definition) is 3. The maximum atomic E-state index is 14.0. The van der Waals surface area contributed by atoms with Crippen molar-refractivity contribution in [2.45, 2.75) is 38.9 Å². The standard InChI is InChI=1S/C20H23FN2O2/c1-2-25-20(24)23(13-14-6-4-3-5-7-14)18-9-15-8-17(12-22)19(21)11-16(15)10-18/h3-8,11,18H,2,9-10,12-13,22H2,1H3. The molecule has 1 aliphatic rings. The van der Waals surface area contributed by atoms with Crippen molar-refractivity contribution in [1.82, 2.24) is 4.90 Å². The first-order chi connectivity index (χ1) is 12.1. The summed E-state index contributed by atoms with van der Waals surface area (Å²) < 4.78 is 19.3. The van der Waals surface area contributed by atoms with E-state index in [2.05, 4.69) is 0 Å². The summed E-state index contributed by atoms with van der Waals surface area (Å²) in [5.41, 5.74) is 9.18. The van der Waals surface area contributed by atoms with Gasteiger partial charge in [-0.25, -0.2) is 9.18 Å². The number of rotatable bonds is 5. The lowest BCUT2D eigenvalue weighted by Gasteiger charge is -2.28. The maximum Gasteiger partial charge on any atom is 0.410 e. The largest absolute Gasteiger partial charge is 0.450 e. The predicted octanol–water partition coefficient (Wildman–Crippen LogP) is 3.41. The van der Waals surface area contributed by atoms with E-state index in [0.717, 1.165) is 16.7 Å². The molecule has 2 aromatic rings. The lowest BCUT2D eigenvalue weighted by Crippen LogP contribution is -2.40. The molecular weight excluding hydrogens is 319 g/mol. The molecule has 1 amide bonds. The highest BCUT2D eigenvalue weighted by Gasteiger charge is 2.31. The van der Waals surface area contributed by atoms with Crippen LogP contribution in [0, 0.1) is 5.82 Å². The van der Waals surface area contributed by atoms with E-state index >= 15 is 0 Å². The van der Waals surface area contributed by atoms with E-state index < -0.39 is 0 Å². The van der Waals surface area contributed by atoms with Gasteiger partial charge in [0.05, 0.1) is 6.61 Å². The van der Waals surface area contributed by atoms with Gasteiger partial charge in [-0.05, 0) is 42.5 Å². The Hall–Kier alpha value is -2.40. The highest BCUT2D eigenvalue weighted by molar-refractivity contribution is 5.68. The quantitative estimate of drug-likeness (QED) is 0.906. The molecule has 0 fully saturated rings. The van der Waals surface area contributed by atoms with Crippen molar-refractivity contribution in [2.75, 3.05) is 6.61 Å². The van der Waals surface area contributed by atoms with Gasteiger partial charge < -0.3 is 15.4 Å². The highest BCUT2D eigenvalue weighted by atomic mass is 19.1. The number of halogens is 1. The molecule has 0 saturated carbocycles. The first kappa shape index (κ1) is 17.4. The number of nitrogens with two attached hydrogens (primary N) is 1. The van der Waals surface area contributed by atoms with Crippen LogP contribution in [0.15, 0.2) is 42.5 Å². The summed E-state index contributed by atoms with van der Waals surface area (Å²) in [6.07, 6.45) is 0.987. The predicted molar refractivity (Wildman–Crippen MR) is 94.5 cm³/mol. The average molecular weight is 342 g/mol. The minimum absolute atomic E-state index is 0.0401. The van der Waals surface area contributed by atoms with Crippen LogP contribution < -0.4 is 5.73 Å². The Balaban J connectivity index is 1.83. The molecule has 132 valence electrons.